The van der Waals surface area contributed by atoms with Gasteiger partial charge in [0.25, 0.3) is 0 Å². The monoisotopic (exact) mass is 432 g/mol. The van der Waals surface area contributed by atoms with Crippen molar-refractivity contribution in [2.24, 2.45) is 11.8 Å². The fraction of sp³-hybridized carbons (Fsp3) is 0.786. The van der Waals surface area contributed by atoms with Crippen molar-refractivity contribution in [1.29, 1.82) is 0 Å². The molecule has 3 rings (SSSR count). The molecule has 0 spiro atoms. The maximum Gasteiger partial charge on any atom is 0.157 e. The molecule has 31 heavy (non-hydrogen) atoms. The Kier molecular flexibility index (Phi) is 10.8. The molecular formula is C28H45FO2. The molecule has 0 aromatic heterocycles. The van der Waals surface area contributed by atoms with E-state index in [9.17, 15) is 4.39 Å². The van der Waals surface area contributed by atoms with E-state index in [0.717, 1.165) is 31.1 Å². The fourth-order valence-corrected chi connectivity index (χ4v) is 5.44. The van der Waals surface area contributed by atoms with Crippen LogP contribution < -0.4 is 0 Å². The van der Waals surface area contributed by atoms with Gasteiger partial charge in [-0.3, -0.25) is 0 Å². The number of halogens is 1. The molecule has 1 saturated carbocycles. The van der Waals surface area contributed by atoms with Crippen LogP contribution in [0.15, 0.2) is 18.2 Å². The summed E-state index contributed by atoms with van der Waals surface area (Å²) in [5, 5.41) is 0. The topological polar surface area (TPSA) is 18.5 Å². The third-order valence-corrected chi connectivity index (χ3v) is 7.49. The van der Waals surface area contributed by atoms with Gasteiger partial charge in [-0.2, -0.15) is 0 Å². The van der Waals surface area contributed by atoms with Crippen LogP contribution in [0.2, 0.25) is 0 Å². The van der Waals surface area contributed by atoms with Crippen LogP contribution in [-0.2, 0) is 15.9 Å². The van der Waals surface area contributed by atoms with Crippen LogP contribution in [0, 0.1) is 17.7 Å². The summed E-state index contributed by atoms with van der Waals surface area (Å²) in [6, 6.07) is 5.97. The molecule has 1 heterocycles. The normalized spacial score (nSPS) is 26.8. The number of rotatable bonds is 12. The summed E-state index contributed by atoms with van der Waals surface area (Å²) in [6.45, 7) is 6.11. The third-order valence-electron chi connectivity index (χ3n) is 7.49. The van der Waals surface area contributed by atoms with E-state index in [1.807, 2.05) is 6.07 Å². The molecule has 0 N–H and O–H groups in total. The van der Waals surface area contributed by atoms with Gasteiger partial charge >= 0.3 is 0 Å². The average Bonchev–Trinajstić information content (AvgIpc) is 2.80. The predicted molar refractivity (Wildman–Crippen MR) is 127 cm³/mol. The van der Waals surface area contributed by atoms with Crippen LogP contribution in [0.1, 0.15) is 114 Å². The lowest BCUT2D eigenvalue weighted by atomic mass is 9.77. The Labute approximate surface area is 190 Å². The highest BCUT2D eigenvalue weighted by atomic mass is 19.1. The number of hydrogen-bond donors (Lipinski definition) is 0. The Bertz CT molecular complexity index is 615. The minimum absolute atomic E-state index is 0.0473. The summed E-state index contributed by atoms with van der Waals surface area (Å²) >= 11 is 0. The Balaban J connectivity index is 1.36. The summed E-state index contributed by atoms with van der Waals surface area (Å²) in [5.41, 5.74) is 2.00. The molecule has 0 bridgehead atoms. The standard InChI is InChI=1S/C28H45FO2/c1-3-5-6-7-8-10-23-20-30-28(31-21-23)18-17-25-15-16-26(19-27(25)29)24-13-11-22(9-4-2)12-14-24/h15-16,19,22-24,28H,3-14,17-18,20-21H2,1-2H3. The van der Waals surface area contributed by atoms with Gasteiger partial charge in [0.2, 0.25) is 0 Å². The Hall–Kier alpha value is -0.930. The first-order chi connectivity index (χ1) is 15.2. The van der Waals surface area contributed by atoms with Gasteiger partial charge in [-0.1, -0.05) is 70.9 Å². The average molecular weight is 433 g/mol. The first-order valence-corrected chi connectivity index (χ1v) is 13.2. The largest absolute Gasteiger partial charge is 0.352 e. The Morgan fingerprint density at radius 2 is 1.55 bits per heavy atom. The van der Waals surface area contributed by atoms with Gasteiger partial charge in [0.1, 0.15) is 5.82 Å². The van der Waals surface area contributed by atoms with Gasteiger partial charge in [-0.05, 0) is 67.6 Å². The predicted octanol–water partition coefficient (Wildman–Crippen LogP) is 8.18. The lowest BCUT2D eigenvalue weighted by Crippen LogP contribution is -2.32. The zero-order valence-corrected chi connectivity index (χ0v) is 20.0. The van der Waals surface area contributed by atoms with E-state index in [1.165, 1.54) is 82.6 Å². The molecule has 2 fully saturated rings. The second-order valence-corrected chi connectivity index (χ2v) is 10.1. The zero-order chi connectivity index (χ0) is 21.9. The second-order valence-electron chi connectivity index (χ2n) is 10.1. The highest BCUT2D eigenvalue weighted by Gasteiger charge is 2.24. The van der Waals surface area contributed by atoms with Crippen LogP contribution in [0.25, 0.3) is 0 Å². The summed E-state index contributed by atoms with van der Waals surface area (Å²) in [7, 11) is 0. The van der Waals surface area contributed by atoms with Gasteiger partial charge < -0.3 is 9.47 Å². The van der Waals surface area contributed by atoms with E-state index in [0.29, 0.717) is 18.3 Å². The molecule has 0 amide bonds. The van der Waals surface area contributed by atoms with Crippen molar-refractivity contribution in [2.75, 3.05) is 13.2 Å². The highest BCUT2D eigenvalue weighted by Crippen LogP contribution is 2.38. The van der Waals surface area contributed by atoms with Crippen LogP contribution >= 0.6 is 0 Å². The Morgan fingerprint density at radius 3 is 2.23 bits per heavy atom. The second kappa shape index (κ2) is 13.6. The number of ether oxygens (including phenoxy) is 2. The van der Waals surface area contributed by atoms with Gasteiger partial charge in [0.15, 0.2) is 6.29 Å². The van der Waals surface area contributed by atoms with Crippen molar-refractivity contribution in [3.63, 3.8) is 0 Å². The molecule has 0 unspecified atom stereocenters. The van der Waals surface area contributed by atoms with Crippen molar-refractivity contribution in [3.05, 3.63) is 35.1 Å². The summed E-state index contributed by atoms with van der Waals surface area (Å²) in [6.07, 6.45) is 16.7. The smallest absolute Gasteiger partial charge is 0.157 e. The molecule has 176 valence electrons. The van der Waals surface area contributed by atoms with Crippen LogP contribution in [0.4, 0.5) is 4.39 Å². The molecule has 3 heteroatoms. The SMILES string of the molecule is CCCCCCCC1COC(CCc2ccc(C3CCC(CCC)CC3)cc2F)OC1. The first kappa shape index (κ1) is 24.7. The van der Waals surface area contributed by atoms with Crippen LogP contribution in [0.3, 0.4) is 0 Å². The van der Waals surface area contributed by atoms with E-state index in [4.69, 9.17) is 9.47 Å². The Morgan fingerprint density at radius 1 is 0.806 bits per heavy atom. The lowest BCUT2D eigenvalue weighted by molar-refractivity contribution is -0.203. The molecule has 2 aliphatic rings. The highest BCUT2D eigenvalue weighted by molar-refractivity contribution is 5.27. The van der Waals surface area contributed by atoms with Crippen molar-refractivity contribution in [2.45, 2.75) is 116 Å². The number of unbranched alkanes of at least 4 members (excludes halogenated alkanes) is 4. The molecule has 1 aromatic rings. The van der Waals surface area contributed by atoms with Crippen molar-refractivity contribution >= 4 is 0 Å². The van der Waals surface area contributed by atoms with Gasteiger partial charge in [-0.25, -0.2) is 4.39 Å². The fourth-order valence-electron chi connectivity index (χ4n) is 5.44. The van der Waals surface area contributed by atoms with Crippen molar-refractivity contribution in [1.82, 2.24) is 0 Å². The van der Waals surface area contributed by atoms with Gasteiger partial charge in [-0.15, -0.1) is 0 Å². The van der Waals surface area contributed by atoms with Crippen molar-refractivity contribution < 1.29 is 13.9 Å². The summed E-state index contributed by atoms with van der Waals surface area (Å²) < 4.78 is 26.6. The van der Waals surface area contributed by atoms with E-state index in [1.54, 1.807) is 6.07 Å². The lowest BCUT2D eigenvalue weighted by Gasteiger charge is -2.30. The third kappa shape index (κ3) is 8.17. The molecule has 1 aliphatic heterocycles. The van der Waals surface area contributed by atoms with Gasteiger partial charge in [0.05, 0.1) is 13.2 Å². The van der Waals surface area contributed by atoms with Gasteiger partial charge in [0, 0.05) is 12.3 Å². The molecule has 0 radical (unpaired) electrons. The van der Waals surface area contributed by atoms with E-state index >= 15 is 0 Å². The molecule has 1 aliphatic carbocycles. The molecular weight excluding hydrogens is 387 g/mol. The summed E-state index contributed by atoms with van der Waals surface area (Å²) in [4.78, 5) is 0. The minimum atomic E-state index is -0.177. The van der Waals surface area contributed by atoms with Crippen LogP contribution in [-0.4, -0.2) is 19.5 Å². The van der Waals surface area contributed by atoms with Crippen LogP contribution in [0.5, 0.6) is 0 Å². The quantitative estimate of drug-likeness (QED) is 0.310. The maximum absolute atomic E-state index is 14.8. The van der Waals surface area contributed by atoms with Crippen molar-refractivity contribution in [3.8, 4) is 0 Å². The minimum Gasteiger partial charge on any atom is -0.352 e. The zero-order valence-electron chi connectivity index (χ0n) is 20.0. The molecule has 1 aromatic carbocycles. The first-order valence-electron chi connectivity index (χ1n) is 13.2. The van der Waals surface area contributed by atoms with E-state index in [-0.39, 0.29) is 12.1 Å². The number of aryl methyl sites for hydroxylation is 1. The van der Waals surface area contributed by atoms with E-state index in [2.05, 4.69) is 19.9 Å². The van der Waals surface area contributed by atoms with E-state index < -0.39 is 0 Å². The molecule has 2 nitrogen and oxygen atoms in total. The number of hydrogen-bond acceptors (Lipinski definition) is 2. The molecule has 0 atom stereocenters. The number of benzene rings is 1. The summed E-state index contributed by atoms with van der Waals surface area (Å²) in [5.74, 6) is 1.91. The molecule has 1 saturated heterocycles. The maximum atomic E-state index is 14.8.